The van der Waals surface area contributed by atoms with Crippen LogP contribution in [0, 0.1) is 5.82 Å². The molecule has 1 aliphatic rings. The molecule has 0 bridgehead atoms. The standard InChI is InChI=1S/C29H24Cl2FN3O2/c1-18(2)34(29(37)20-11-14-22(30)23(31)16-20)17-27(36)35-25-7-4-3-6-24(25)33-15-5-8-26(33)28(35)19-9-12-21(32)13-10-19/h3-16,18,28H,17H2,1-2H3. The molecule has 0 N–H and O–H groups in total. The van der Waals surface area contributed by atoms with E-state index >= 15 is 0 Å². The van der Waals surface area contributed by atoms with E-state index in [1.54, 1.807) is 29.2 Å². The van der Waals surface area contributed by atoms with Crippen LogP contribution in [0.5, 0.6) is 0 Å². The van der Waals surface area contributed by atoms with Crippen molar-refractivity contribution in [2.45, 2.75) is 25.9 Å². The van der Waals surface area contributed by atoms with E-state index < -0.39 is 6.04 Å². The van der Waals surface area contributed by atoms with Crippen molar-refractivity contribution in [1.82, 2.24) is 9.47 Å². The van der Waals surface area contributed by atoms with Gasteiger partial charge in [0.2, 0.25) is 5.91 Å². The van der Waals surface area contributed by atoms with Crippen LogP contribution in [-0.4, -0.2) is 33.9 Å². The molecule has 1 atom stereocenters. The van der Waals surface area contributed by atoms with Crippen molar-refractivity contribution in [2.24, 2.45) is 0 Å². The fraction of sp³-hybridized carbons (Fsp3) is 0.172. The van der Waals surface area contributed by atoms with Crippen LogP contribution in [0.4, 0.5) is 10.1 Å². The van der Waals surface area contributed by atoms with Crippen LogP contribution in [0.1, 0.15) is 41.5 Å². The second kappa shape index (κ2) is 10.0. The highest BCUT2D eigenvalue weighted by Gasteiger charge is 2.37. The largest absolute Gasteiger partial charge is 0.327 e. The third-order valence-corrected chi connectivity index (χ3v) is 7.27. The van der Waals surface area contributed by atoms with E-state index in [9.17, 15) is 14.0 Å². The number of benzene rings is 3. The Kier molecular flexibility index (Phi) is 6.80. The van der Waals surface area contributed by atoms with Crippen LogP contribution >= 0.6 is 23.2 Å². The van der Waals surface area contributed by atoms with Crippen molar-refractivity contribution in [2.75, 3.05) is 11.4 Å². The zero-order valence-electron chi connectivity index (χ0n) is 20.2. The average Bonchev–Trinajstić information content (AvgIpc) is 3.38. The molecule has 0 radical (unpaired) electrons. The number of carbonyl (C=O) groups is 2. The number of halogens is 3. The summed E-state index contributed by atoms with van der Waals surface area (Å²) in [5.41, 5.74) is 3.53. The summed E-state index contributed by atoms with van der Waals surface area (Å²) in [4.78, 5) is 30.8. The molecular formula is C29H24Cl2FN3O2. The number of rotatable bonds is 5. The zero-order chi connectivity index (χ0) is 26.3. The lowest BCUT2D eigenvalue weighted by molar-refractivity contribution is -0.120. The fourth-order valence-corrected chi connectivity index (χ4v) is 5.03. The lowest BCUT2D eigenvalue weighted by atomic mass is 9.97. The highest BCUT2D eigenvalue weighted by Crippen LogP contribution is 2.42. The first-order valence-corrected chi connectivity index (χ1v) is 12.6. The Bertz CT molecular complexity index is 1480. The smallest absolute Gasteiger partial charge is 0.254 e. The first-order chi connectivity index (χ1) is 17.8. The van der Waals surface area contributed by atoms with Gasteiger partial charge in [-0.25, -0.2) is 4.39 Å². The van der Waals surface area contributed by atoms with Gasteiger partial charge in [-0.1, -0.05) is 47.5 Å². The molecule has 0 aliphatic carbocycles. The van der Waals surface area contributed by atoms with Gasteiger partial charge < -0.3 is 9.47 Å². The predicted octanol–water partition coefficient (Wildman–Crippen LogP) is 6.91. The third-order valence-electron chi connectivity index (χ3n) is 6.53. The minimum Gasteiger partial charge on any atom is -0.327 e. The fourth-order valence-electron chi connectivity index (χ4n) is 4.73. The number of fused-ring (bicyclic) bond motifs is 3. The SMILES string of the molecule is CC(C)N(CC(=O)N1c2ccccc2-n2cccc2C1c1ccc(F)cc1)C(=O)c1ccc(Cl)c(Cl)c1. The number of hydrogen-bond acceptors (Lipinski definition) is 2. The number of aromatic nitrogens is 1. The minimum atomic E-state index is -0.507. The van der Waals surface area contributed by atoms with Gasteiger partial charge in [0.15, 0.2) is 0 Å². The summed E-state index contributed by atoms with van der Waals surface area (Å²) in [6.45, 7) is 3.55. The molecule has 8 heteroatoms. The first kappa shape index (κ1) is 25.1. The van der Waals surface area contributed by atoms with Crippen LogP contribution in [0.2, 0.25) is 10.0 Å². The molecule has 2 amide bonds. The van der Waals surface area contributed by atoms with E-state index in [1.165, 1.54) is 23.1 Å². The van der Waals surface area contributed by atoms with Crippen molar-refractivity contribution in [1.29, 1.82) is 0 Å². The lowest BCUT2D eigenvalue weighted by Crippen LogP contribution is -2.48. The number of anilines is 1. The average molecular weight is 536 g/mol. The highest BCUT2D eigenvalue weighted by atomic mass is 35.5. The van der Waals surface area contributed by atoms with Crippen LogP contribution in [0.25, 0.3) is 5.69 Å². The minimum absolute atomic E-state index is 0.163. The van der Waals surface area contributed by atoms with E-state index in [1.807, 2.05) is 61.0 Å². The second-order valence-corrected chi connectivity index (χ2v) is 9.98. The lowest BCUT2D eigenvalue weighted by Gasteiger charge is -2.40. The monoisotopic (exact) mass is 535 g/mol. The van der Waals surface area contributed by atoms with Crippen molar-refractivity contribution in [3.05, 3.63) is 118 Å². The Labute approximate surface area is 224 Å². The number of para-hydroxylation sites is 2. The van der Waals surface area contributed by atoms with E-state index in [-0.39, 0.29) is 35.2 Å². The topological polar surface area (TPSA) is 45.6 Å². The highest BCUT2D eigenvalue weighted by molar-refractivity contribution is 6.42. The Balaban J connectivity index is 1.56. The summed E-state index contributed by atoms with van der Waals surface area (Å²) >= 11 is 12.2. The van der Waals surface area contributed by atoms with Gasteiger partial charge in [-0.3, -0.25) is 14.5 Å². The molecule has 5 nitrogen and oxygen atoms in total. The van der Waals surface area contributed by atoms with Crippen LogP contribution in [0.3, 0.4) is 0 Å². The Morgan fingerprint density at radius 1 is 0.919 bits per heavy atom. The molecule has 4 aromatic rings. The maximum atomic E-state index is 14.1. The molecule has 188 valence electrons. The number of nitrogens with zero attached hydrogens (tertiary/aromatic N) is 3. The van der Waals surface area contributed by atoms with Gasteiger partial charge in [0.25, 0.3) is 5.91 Å². The van der Waals surface area contributed by atoms with Gasteiger partial charge in [-0.2, -0.15) is 0 Å². The van der Waals surface area contributed by atoms with E-state index in [2.05, 4.69) is 0 Å². The van der Waals surface area contributed by atoms with Crippen LogP contribution in [0.15, 0.2) is 85.1 Å². The van der Waals surface area contributed by atoms with Crippen LogP contribution < -0.4 is 4.90 Å². The van der Waals surface area contributed by atoms with E-state index in [0.717, 1.165) is 16.9 Å². The van der Waals surface area contributed by atoms with Gasteiger partial charge in [0.1, 0.15) is 18.4 Å². The summed E-state index contributed by atoms with van der Waals surface area (Å²) in [6.07, 6.45) is 1.95. The van der Waals surface area contributed by atoms with Gasteiger partial charge in [-0.05, 0) is 74.0 Å². The summed E-state index contributed by atoms with van der Waals surface area (Å²) in [6, 6.07) is 21.5. The molecular weight excluding hydrogens is 512 g/mol. The molecule has 1 aliphatic heterocycles. The zero-order valence-corrected chi connectivity index (χ0v) is 21.7. The summed E-state index contributed by atoms with van der Waals surface area (Å²) in [5.74, 6) is -0.948. The summed E-state index contributed by atoms with van der Waals surface area (Å²) < 4.78 is 15.8. The molecule has 0 saturated carbocycles. The number of amides is 2. The van der Waals surface area contributed by atoms with Gasteiger partial charge >= 0.3 is 0 Å². The van der Waals surface area contributed by atoms with Crippen molar-refractivity contribution >= 4 is 40.7 Å². The quantitative estimate of drug-likeness (QED) is 0.278. The Morgan fingerprint density at radius 3 is 2.30 bits per heavy atom. The van der Waals surface area contributed by atoms with Crippen LogP contribution in [-0.2, 0) is 4.79 Å². The summed E-state index contributed by atoms with van der Waals surface area (Å²) in [7, 11) is 0. The van der Waals surface area contributed by atoms with Crippen molar-refractivity contribution in [3.63, 3.8) is 0 Å². The van der Waals surface area contributed by atoms with Crippen molar-refractivity contribution in [3.8, 4) is 5.69 Å². The molecule has 1 aromatic heterocycles. The predicted molar refractivity (Wildman–Crippen MR) is 144 cm³/mol. The molecule has 37 heavy (non-hydrogen) atoms. The molecule has 3 aromatic carbocycles. The molecule has 0 spiro atoms. The third kappa shape index (κ3) is 4.63. The Hall–Kier alpha value is -3.61. The molecule has 1 unspecified atom stereocenters. The molecule has 0 saturated heterocycles. The normalized spacial score (nSPS) is 14.3. The van der Waals surface area contributed by atoms with E-state index in [4.69, 9.17) is 23.2 Å². The number of hydrogen-bond donors (Lipinski definition) is 0. The number of carbonyl (C=O) groups excluding carboxylic acids is 2. The van der Waals surface area contributed by atoms with Gasteiger partial charge in [0, 0.05) is 17.8 Å². The summed E-state index contributed by atoms with van der Waals surface area (Å²) in [5, 5.41) is 0.616. The second-order valence-electron chi connectivity index (χ2n) is 9.17. The van der Waals surface area contributed by atoms with E-state index in [0.29, 0.717) is 16.3 Å². The molecule has 0 fully saturated rings. The Morgan fingerprint density at radius 2 is 1.62 bits per heavy atom. The van der Waals surface area contributed by atoms with Gasteiger partial charge in [0.05, 0.1) is 27.1 Å². The maximum absolute atomic E-state index is 14.1. The van der Waals surface area contributed by atoms with Gasteiger partial charge in [-0.15, -0.1) is 0 Å². The molecule has 5 rings (SSSR count). The van der Waals surface area contributed by atoms with Crippen molar-refractivity contribution < 1.29 is 14.0 Å². The first-order valence-electron chi connectivity index (χ1n) is 11.9. The maximum Gasteiger partial charge on any atom is 0.254 e. The molecule has 2 heterocycles.